The summed E-state index contributed by atoms with van der Waals surface area (Å²) in [5.74, 6) is 0.333. The second-order valence-electron chi connectivity index (χ2n) is 9.19. The van der Waals surface area contributed by atoms with Crippen molar-refractivity contribution in [3.8, 4) is 0 Å². The lowest BCUT2D eigenvalue weighted by Gasteiger charge is -2.39. The predicted molar refractivity (Wildman–Crippen MR) is 89.5 cm³/mol. The molecule has 0 saturated heterocycles. The molecule has 2 unspecified atom stereocenters. The molecule has 0 amide bonds. The lowest BCUT2D eigenvalue weighted by atomic mass is 9.70. The molecule has 3 fully saturated rings. The number of ketones is 1. The van der Waals surface area contributed by atoms with Gasteiger partial charge >= 0.3 is 0 Å². The minimum Gasteiger partial charge on any atom is -0.299 e. The van der Waals surface area contributed by atoms with Crippen LogP contribution in [0.1, 0.15) is 72.6 Å². The molecule has 0 aromatic rings. The van der Waals surface area contributed by atoms with Crippen LogP contribution in [0.15, 0.2) is 0 Å². The standard InChI is InChI=1S/C18H30O4S/c1-16(2)9-6-5-7-15(16)22-23(20,21)12-18-10-8-13(11-14(18)19)17(18,3)4/h13,15H,5-12H2,1-4H3/t13?,15-,18?/m1/s1. The highest BCUT2D eigenvalue weighted by atomic mass is 32.2. The smallest absolute Gasteiger partial charge is 0.268 e. The van der Waals surface area contributed by atoms with Gasteiger partial charge < -0.3 is 0 Å². The van der Waals surface area contributed by atoms with Gasteiger partial charge in [-0.2, -0.15) is 8.42 Å². The summed E-state index contributed by atoms with van der Waals surface area (Å²) in [4.78, 5) is 12.6. The van der Waals surface area contributed by atoms with Crippen molar-refractivity contribution >= 4 is 15.9 Å². The van der Waals surface area contributed by atoms with E-state index >= 15 is 0 Å². The number of fused-ring (bicyclic) bond motifs is 2. The fourth-order valence-corrected chi connectivity index (χ4v) is 7.32. The fraction of sp³-hybridized carbons (Fsp3) is 0.944. The van der Waals surface area contributed by atoms with Crippen molar-refractivity contribution in [1.82, 2.24) is 0 Å². The van der Waals surface area contributed by atoms with Crippen LogP contribution in [0.5, 0.6) is 0 Å². The van der Waals surface area contributed by atoms with E-state index in [2.05, 4.69) is 27.7 Å². The van der Waals surface area contributed by atoms with Crippen molar-refractivity contribution in [2.45, 2.75) is 78.7 Å². The van der Waals surface area contributed by atoms with Crippen LogP contribution in [0.2, 0.25) is 0 Å². The number of carbonyl (C=O) groups excluding carboxylic acids is 1. The maximum atomic E-state index is 12.8. The van der Waals surface area contributed by atoms with Gasteiger partial charge in [0.2, 0.25) is 0 Å². The quantitative estimate of drug-likeness (QED) is 0.731. The van der Waals surface area contributed by atoms with Crippen LogP contribution >= 0.6 is 0 Å². The number of hydrogen-bond donors (Lipinski definition) is 0. The highest BCUT2D eigenvalue weighted by Gasteiger charge is 2.65. The maximum absolute atomic E-state index is 12.8. The normalized spacial score (nSPS) is 38.9. The molecule has 0 spiro atoms. The van der Waals surface area contributed by atoms with Crippen LogP contribution in [-0.4, -0.2) is 26.1 Å². The van der Waals surface area contributed by atoms with E-state index in [9.17, 15) is 13.2 Å². The van der Waals surface area contributed by atoms with Gasteiger partial charge in [-0.25, -0.2) is 0 Å². The Kier molecular flexibility index (Phi) is 4.00. The van der Waals surface area contributed by atoms with Gasteiger partial charge in [-0.3, -0.25) is 8.98 Å². The molecule has 0 aromatic carbocycles. The molecule has 3 saturated carbocycles. The van der Waals surface area contributed by atoms with E-state index in [1.54, 1.807) is 0 Å². The zero-order valence-electron chi connectivity index (χ0n) is 14.9. The second kappa shape index (κ2) is 5.29. The monoisotopic (exact) mass is 342 g/mol. The molecule has 3 atom stereocenters. The molecule has 0 N–H and O–H groups in total. The number of rotatable bonds is 4. The third-order valence-electron chi connectivity index (χ3n) is 7.23. The minimum absolute atomic E-state index is 0.115. The first kappa shape index (κ1) is 17.4. The van der Waals surface area contributed by atoms with Crippen molar-refractivity contribution in [3.05, 3.63) is 0 Å². The topological polar surface area (TPSA) is 60.4 Å². The summed E-state index contributed by atoms with van der Waals surface area (Å²) < 4.78 is 31.2. The van der Waals surface area contributed by atoms with Crippen LogP contribution < -0.4 is 0 Å². The first-order chi connectivity index (χ1) is 10.5. The summed E-state index contributed by atoms with van der Waals surface area (Å²) in [6, 6.07) is 0. The summed E-state index contributed by atoms with van der Waals surface area (Å²) in [6.07, 6.45) is 5.87. The molecule has 0 aromatic heterocycles. The van der Waals surface area contributed by atoms with Gasteiger partial charge in [0.15, 0.2) is 0 Å². The summed E-state index contributed by atoms with van der Waals surface area (Å²) in [5.41, 5.74) is -1.08. The van der Waals surface area contributed by atoms with Crippen LogP contribution in [-0.2, 0) is 19.1 Å². The van der Waals surface area contributed by atoms with Crippen molar-refractivity contribution in [1.29, 1.82) is 0 Å². The van der Waals surface area contributed by atoms with Crippen molar-refractivity contribution in [2.75, 3.05) is 5.75 Å². The Labute approximate surface area is 140 Å². The van der Waals surface area contributed by atoms with Crippen molar-refractivity contribution < 1.29 is 17.4 Å². The van der Waals surface area contributed by atoms with E-state index in [4.69, 9.17) is 4.18 Å². The van der Waals surface area contributed by atoms with Crippen LogP contribution in [0.3, 0.4) is 0 Å². The van der Waals surface area contributed by atoms with E-state index in [-0.39, 0.29) is 28.5 Å². The molecule has 4 nitrogen and oxygen atoms in total. The van der Waals surface area contributed by atoms with Gasteiger partial charge in [-0.15, -0.1) is 0 Å². The minimum atomic E-state index is -3.70. The predicted octanol–water partition coefficient (Wildman–Crippen LogP) is 3.70. The van der Waals surface area contributed by atoms with E-state index in [0.717, 1.165) is 32.1 Å². The largest absolute Gasteiger partial charge is 0.299 e. The van der Waals surface area contributed by atoms with Crippen molar-refractivity contribution in [2.24, 2.45) is 22.2 Å². The Morgan fingerprint density at radius 1 is 1.09 bits per heavy atom. The lowest BCUT2D eigenvalue weighted by molar-refractivity contribution is -0.128. The molecule has 3 aliphatic rings. The number of hydrogen-bond acceptors (Lipinski definition) is 4. The van der Waals surface area contributed by atoms with Gasteiger partial charge in [-0.05, 0) is 42.4 Å². The van der Waals surface area contributed by atoms with Crippen molar-refractivity contribution in [3.63, 3.8) is 0 Å². The highest BCUT2D eigenvalue weighted by molar-refractivity contribution is 7.86. The second-order valence-corrected chi connectivity index (χ2v) is 10.8. The lowest BCUT2D eigenvalue weighted by Crippen LogP contribution is -2.45. The third kappa shape index (κ3) is 2.68. The zero-order valence-corrected chi connectivity index (χ0v) is 15.7. The molecule has 23 heavy (non-hydrogen) atoms. The Balaban J connectivity index is 1.80. The van der Waals surface area contributed by atoms with Gasteiger partial charge in [-0.1, -0.05) is 40.5 Å². The molecule has 0 aliphatic heterocycles. The first-order valence-electron chi connectivity index (χ1n) is 8.94. The molecule has 3 aliphatic carbocycles. The summed E-state index contributed by atoms with van der Waals surface area (Å²) in [7, 11) is -3.70. The van der Waals surface area contributed by atoms with Gasteiger partial charge in [0, 0.05) is 6.42 Å². The SMILES string of the molecule is CC1(C)CCCC[C@H]1OS(=O)(=O)CC12CCC(CC1=O)C2(C)C. The fourth-order valence-electron chi connectivity index (χ4n) is 5.26. The Morgan fingerprint density at radius 3 is 2.30 bits per heavy atom. The van der Waals surface area contributed by atoms with Gasteiger partial charge in [0.1, 0.15) is 5.78 Å². The number of carbonyl (C=O) groups is 1. The maximum Gasteiger partial charge on any atom is 0.268 e. The zero-order chi connectivity index (χ0) is 17.1. The molecule has 5 heteroatoms. The average Bonchev–Trinajstić information content (AvgIpc) is 2.74. The molecular weight excluding hydrogens is 312 g/mol. The van der Waals surface area contributed by atoms with E-state index in [1.165, 1.54) is 0 Å². The highest BCUT2D eigenvalue weighted by Crippen LogP contribution is 2.64. The average molecular weight is 343 g/mol. The first-order valence-corrected chi connectivity index (χ1v) is 10.5. The van der Waals surface area contributed by atoms with E-state index in [0.29, 0.717) is 18.8 Å². The molecule has 2 bridgehead atoms. The summed E-state index contributed by atoms with van der Waals surface area (Å²) in [5, 5.41) is 0. The summed E-state index contributed by atoms with van der Waals surface area (Å²) >= 11 is 0. The number of Topliss-reactive ketones (excluding diaryl/α,β-unsaturated/α-hetero) is 1. The third-order valence-corrected chi connectivity index (χ3v) is 8.61. The molecule has 0 radical (unpaired) electrons. The Hall–Kier alpha value is -0.420. The summed E-state index contributed by atoms with van der Waals surface area (Å²) in [6.45, 7) is 8.30. The van der Waals surface area contributed by atoms with Crippen LogP contribution in [0, 0.1) is 22.2 Å². The van der Waals surface area contributed by atoms with Crippen LogP contribution in [0.4, 0.5) is 0 Å². The van der Waals surface area contributed by atoms with E-state index in [1.807, 2.05) is 0 Å². The molecule has 132 valence electrons. The molecule has 3 rings (SSSR count). The van der Waals surface area contributed by atoms with Crippen LogP contribution in [0.25, 0.3) is 0 Å². The van der Waals surface area contributed by atoms with E-state index < -0.39 is 15.5 Å². The molecule has 0 heterocycles. The molecular formula is C18H30O4S. The van der Waals surface area contributed by atoms with Gasteiger partial charge in [0.05, 0.1) is 17.3 Å². The Bertz CT molecular complexity index is 605. The Morgan fingerprint density at radius 2 is 1.78 bits per heavy atom. The van der Waals surface area contributed by atoms with Gasteiger partial charge in [0.25, 0.3) is 10.1 Å².